The highest BCUT2D eigenvalue weighted by Crippen LogP contribution is 2.23. The summed E-state index contributed by atoms with van der Waals surface area (Å²) in [5.74, 6) is 1.15. The Morgan fingerprint density at radius 2 is 0.490 bits per heavy atom. The lowest BCUT2D eigenvalue weighted by molar-refractivity contribution is 0.542. The second kappa shape index (κ2) is 36.9. The van der Waals surface area contributed by atoms with E-state index in [0.717, 1.165) is 12.2 Å². The van der Waals surface area contributed by atoms with Crippen LogP contribution in [0.1, 0.15) is 275 Å². The van der Waals surface area contributed by atoms with Gasteiger partial charge in [-0.05, 0) is 50.5 Å². The normalized spacial score (nSPS) is 11.6. The molecule has 0 aliphatic rings. The van der Waals surface area contributed by atoms with Crippen LogP contribution >= 0.6 is 0 Å². The zero-order chi connectivity index (χ0) is 35.3. The largest absolute Gasteiger partial charge is 0.238 e. The third-order valence-electron chi connectivity index (χ3n) is 11.0. The molecule has 0 aliphatic carbocycles. The number of rotatable bonds is 39. The first-order chi connectivity index (χ1) is 24.3. The number of hydrogen-bond acceptors (Lipinski definition) is 2. The van der Waals surface area contributed by atoms with Crippen LogP contribution in [0.3, 0.4) is 0 Å². The molecule has 0 N–H and O–H groups in total. The van der Waals surface area contributed by atoms with E-state index in [1.54, 1.807) is 5.56 Å². The number of hydrogen-bond donors (Lipinski definition) is 0. The highest BCUT2D eigenvalue weighted by Gasteiger charge is 2.15. The third-order valence-corrected chi connectivity index (χ3v) is 11.0. The van der Waals surface area contributed by atoms with E-state index in [0.29, 0.717) is 0 Å². The first-order valence-corrected chi connectivity index (χ1v) is 23.1. The van der Waals surface area contributed by atoms with Gasteiger partial charge in [0.25, 0.3) is 0 Å². The van der Waals surface area contributed by atoms with Gasteiger partial charge in [0.05, 0.1) is 0 Å². The summed E-state index contributed by atoms with van der Waals surface area (Å²) in [6.07, 6.45) is 53.7. The number of aryl methyl sites for hydroxylation is 3. The van der Waals surface area contributed by atoms with Crippen LogP contribution in [0.5, 0.6) is 0 Å². The average Bonchev–Trinajstić information content (AvgIpc) is 3.11. The lowest BCUT2D eigenvalue weighted by atomic mass is 9.96. The molecule has 0 atom stereocenters. The Labute approximate surface area is 310 Å². The van der Waals surface area contributed by atoms with Gasteiger partial charge in [-0.2, -0.15) is 0 Å². The summed E-state index contributed by atoms with van der Waals surface area (Å²) in [7, 11) is 0. The summed E-state index contributed by atoms with van der Waals surface area (Å²) < 4.78 is 0. The summed E-state index contributed by atoms with van der Waals surface area (Å²) in [6, 6.07) is 0. The van der Waals surface area contributed by atoms with E-state index in [1.165, 1.54) is 255 Å². The summed E-state index contributed by atoms with van der Waals surface area (Å²) in [5, 5.41) is 0. The molecule has 0 spiro atoms. The van der Waals surface area contributed by atoms with Crippen LogP contribution in [0.4, 0.5) is 0 Å². The van der Waals surface area contributed by atoms with Crippen LogP contribution in [0.25, 0.3) is 0 Å². The lowest BCUT2D eigenvalue weighted by Crippen LogP contribution is -2.11. The van der Waals surface area contributed by atoms with Crippen molar-refractivity contribution < 1.29 is 0 Å². The first-order valence-electron chi connectivity index (χ1n) is 23.1. The van der Waals surface area contributed by atoms with Gasteiger partial charge in [-0.1, -0.05) is 227 Å². The van der Waals surface area contributed by atoms with Crippen LogP contribution < -0.4 is 0 Å². The molecule has 0 aliphatic heterocycles. The van der Waals surface area contributed by atoms with Crippen molar-refractivity contribution in [3.8, 4) is 0 Å². The van der Waals surface area contributed by atoms with Gasteiger partial charge >= 0.3 is 0 Å². The first kappa shape index (κ1) is 46.1. The van der Waals surface area contributed by atoms with Gasteiger partial charge in [0.1, 0.15) is 5.82 Å². The van der Waals surface area contributed by atoms with Gasteiger partial charge in [0.15, 0.2) is 0 Å². The van der Waals surface area contributed by atoms with E-state index >= 15 is 0 Å². The summed E-state index contributed by atoms with van der Waals surface area (Å²) in [6.45, 7) is 9.25. The SMILES string of the molecule is CCCCCCCCCCCCCc1nc(CCCC)nc(CCCCCCCCCCCCC)c1CCCCCCCCCCCCC. The fourth-order valence-electron chi connectivity index (χ4n) is 7.67. The summed E-state index contributed by atoms with van der Waals surface area (Å²) >= 11 is 0. The average molecular weight is 683 g/mol. The van der Waals surface area contributed by atoms with E-state index in [-0.39, 0.29) is 0 Å². The van der Waals surface area contributed by atoms with Gasteiger partial charge in [0.2, 0.25) is 0 Å². The Kier molecular flexibility index (Phi) is 34.7. The van der Waals surface area contributed by atoms with E-state index in [4.69, 9.17) is 9.97 Å². The fraction of sp³-hybridized carbons (Fsp3) is 0.915. The minimum absolute atomic E-state index is 1.06. The van der Waals surface area contributed by atoms with Crippen molar-refractivity contribution in [1.29, 1.82) is 0 Å². The number of aromatic nitrogens is 2. The molecule has 2 nitrogen and oxygen atoms in total. The molecule has 49 heavy (non-hydrogen) atoms. The van der Waals surface area contributed by atoms with Gasteiger partial charge < -0.3 is 0 Å². The summed E-state index contributed by atoms with van der Waals surface area (Å²) in [5.41, 5.74) is 4.47. The minimum Gasteiger partial charge on any atom is -0.238 e. The van der Waals surface area contributed by atoms with Gasteiger partial charge in [-0.15, -0.1) is 0 Å². The number of unbranched alkanes of at least 4 members (excludes halogenated alkanes) is 31. The quantitative estimate of drug-likeness (QED) is 0.0646. The molecule has 2 heteroatoms. The van der Waals surface area contributed by atoms with Crippen molar-refractivity contribution in [2.45, 2.75) is 278 Å². The maximum atomic E-state index is 5.32. The zero-order valence-electron chi connectivity index (χ0n) is 34.5. The standard InChI is InChI=1S/C47H90N2/c1-5-9-13-16-19-22-25-28-31-34-37-40-44-45(41-38-35-32-29-26-23-20-17-14-10-6-2)48-47(43-12-8-4)49-46(44)42-39-36-33-30-27-24-21-18-15-11-7-3/h5-43H2,1-4H3. The Hall–Kier alpha value is -0.920. The monoisotopic (exact) mass is 683 g/mol. The second-order valence-electron chi connectivity index (χ2n) is 16.0. The van der Waals surface area contributed by atoms with Crippen LogP contribution in [0, 0.1) is 0 Å². The lowest BCUT2D eigenvalue weighted by Gasteiger charge is -2.16. The maximum Gasteiger partial charge on any atom is 0.128 e. The Bertz CT molecular complexity index is 754. The molecular weight excluding hydrogens is 593 g/mol. The van der Waals surface area contributed by atoms with Gasteiger partial charge in [-0.25, -0.2) is 9.97 Å². The van der Waals surface area contributed by atoms with Crippen molar-refractivity contribution >= 4 is 0 Å². The van der Waals surface area contributed by atoms with Crippen molar-refractivity contribution in [3.63, 3.8) is 0 Å². The van der Waals surface area contributed by atoms with Crippen LogP contribution in [-0.4, -0.2) is 9.97 Å². The second-order valence-corrected chi connectivity index (χ2v) is 16.0. The molecule has 0 aromatic carbocycles. The topological polar surface area (TPSA) is 25.8 Å². The van der Waals surface area contributed by atoms with Crippen LogP contribution in [-0.2, 0) is 25.7 Å². The van der Waals surface area contributed by atoms with Gasteiger partial charge in [-0.3, -0.25) is 0 Å². The predicted molar refractivity (Wildman–Crippen MR) is 221 cm³/mol. The van der Waals surface area contributed by atoms with Crippen molar-refractivity contribution in [1.82, 2.24) is 9.97 Å². The molecule has 0 radical (unpaired) electrons. The molecule has 0 saturated heterocycles. The molecule has 0 bridgehead atoms. The van der Waals surface area contributed by atoms with E-state index in [1.807, 2.05) is 0 Å². The smallest absolute Gasteiger partial charge is 0.128 e. The molecule has 1 heterocycles. The maximum absolute atomic E-state index is 5.32. The Balaban J connectivity index is 2.64. The molecule has 0 saturated carbocycles. The van der Waals surface area contributed by atoms with E-state index in [2.05, 4.69) is 27.7 Å². The molecule has 0 amide bonds. The van der Waals surface area contributed by atoms with Crippen molar-refractivity contribution in [2.24, 2.45) is 0 Å². The van der Waals surface area contributed by atoms with Crippen molar-refractivity contribution in [3.05, 3.63) is 22.8 Å². The molecule has 0 unspecified atom stereocenters. The van der Waals surface area contributed by atoms with Gasteiger partial charge in [0, 0.05) is 17.8 Å². The Morgan fingerprint density at radius 3 is 0.776 bits per heavy atom. The van der Waals surface area contributed by atoms with Crippen LogP contribution in [0.15, 0.2) is 0 Å². The fourth-order valence-corrected chi connectivity index (χ4v) is 7.67. The van der Waals surface area contributed by atoms with Crippen LogP contribution in [0.2, 0.25) is 0 Å². The highest BCUT2D eigenvalue weighted by atomic mass is 14.9. The Morgan fingerprint density at radius 1 is 0.245 bits per heavy atom. The highest BCUT2D eigenvalue weighted by molar-refractivity contribution is 5.27. The number of nitrogens with zero attached hydrogens (tertiary/aromatic N) is 2. The minimum atomic E-state index is 1.06. The molecule has 288 valence electrons. The molecule has 1 aromatic heterocycles. The van der Waals surface area contributed by atoms with E-state index < -0.39 is 0 Å². The zero-order valence-corrected chi connectivity index (χ0v) is 34.5. The molecule has 1 rings (SSSR count). The van der Waals surface area contributed by atoms with Crippen molar-refractivity contribution in [2.75, 3.05) is 0 Å². The predicted octanol–water partition coefficient (Wildman–Crippen LogP) is 16.4. The summed E-state index contributed by atoms with van der Waals surface area (Å²) in [4.78, 5) is 10.6. The third kappa shape index (κ3) is 28.4. The molecule has 1 aromatic rings. The molecular formula is C47H90N2. The molecule has 0 fully saturated rings. The van der Waals surface area contributed by atoms with E-state index in [9.17, 15) is 0 Å².